The Morgan fingerprint density at radius 3 is 2.93 bits per heavy atom. The van der Waals surface area contributed by atoms with Gasteiger partial charge in [-0.1, -0.05) is 30.3 Å². The molecule has 1 fully saturated rings. The average molecular weight is 224 g/mol. The maximum atomic E-state index is 9.84. The Bertz CT molecular complexity index is 288. The monoisotopic (exact) mass is 224 g/mol. The van der Waals surface area contributed by atoms with E-state index in [0.29, 0.717) is 0 Å². The number of rotatable bonds is 4. The van der Waals surface area contributed by atoms with Gasteiger partial charge in [0.1, 0.15) is 6.23 Å². The van der Waals surface area contributed by atoms with Gasteiger partial charge in [-0.25, -0.2) is 0 Å². The molecular formula is C11H16N2OS. The molecule has 1 aliphatic heterocycles. The summed E-state index contributed by atoms with van der Waals surface area (Å²) in [6.07, 6.45) is -0.426. The van der Waals surface area contributed by atoms with Crippen molar-refractivity contribution >= 4 is 11.8 Å². The first-order valence-corrected chi connectivity index (χ1v) is 6.19. The second-order valence-electron chi connectivity index (χ2n) is 3.61. The minimum Gasteiger partial charge on any atom is -0.377 e. The summed E-state index contributed by atoms with van der Waals surface area (Å²) < 4.78 is 0. The van der Waals surface area contributed by atoms with E-state index < -0.39 is 6.23 Å². The van der Waals surface area contributed by atoms with Crippen LogP contribution in [-0.2, 0) is 6.54 Å². The van der Waals surface area contributed by atoms with Gasteiger partial charge in [-0.15, -0.1) is 11.8 Å². The lowest BCUT2D eigenvalue weighted by Gasteiger charge is -2.17. The van der Waals surface area contributed by atoms with Crippen LogP contribution in [0.5, 0.6) is 0 Å². The van der Waals surface area contributed by atoms with Crippen LogP contribution in [0.1, 0.15) is 5.56 Å². The molecule has 2 unspecified atom stereocenters. The molecule has 4 heteroatoms. The molecule has 1 heterocycles. The summed E-state index contributed by atoms with van der Waals surface area (Å²) in [7, 11) is 0. The Kier molecular flexibility index (Phi) is 4.02. The molecule has 0 aromatic heterocycles. The molecule has 1 saturated heterocycles. The molecule has 1 aromatic rings. The van der Waals surface area contributed by atoms with E-state index in [9.17, 15) is 5.11 Å². The molecule has 15 heavy (non-hydrogen) atoms. The predicted octanol–water partition coefficient (Wildman–Crippen LogP) is 0.757. The van der Waals surface area contributed by atoms with Crippen molar-refractivity contribution in [2.45, 2.75) is 18.0 Å². The highest BCUT2D eigenvalue weighted by molar-refractivity contribution is 8.00. The minimum atomic E-state index is -0.426. The number of benzene rings is 1. The Balaban J connectivity index is 1.77. The number of nitrogens with one attached hydrogen (secondary N) is 2. The van der Waals surface area contributed by atoms with Crippen LogP contribution in [0.25, 0.3) is 0 Å². The van der Waals surface area contributed by atoms with E-state index in [2.05, 4.69) is 22.8 Å². The van der Waals surface area contributed by atoms with Crippen LogP contribution in [0.2, 0.25) is 0 Å². The quantitative estimate of drug-likeness (QED) is 0.661. The summed E-state index contributed by atoms with van der Waals surface area (Å²) in [4.78, 5) is 0. The SMILES string of the molecule is OC(NCc1ccccc1)C1CNCS1. The summed E-state index contributed by atoms with van der Waals surface area (Å²) in [6, 6.07) is 10.1. The fourth-order valence-corrected chi connectivity index (χ4v) is 2.54. The van der Waals surface area contributed by atoms with Gasteiger partial charge >= 0.3 is 0 Å². The molecule has 0 bridgehead atoms. The maximum absolute atomic E-state index is 9.84. The summed E-state index contributed by atoms with van der Waals surface area (Å²) >= 11 is 1.76. The first-order valence-electron chi connectivity index (χ1n) is 5.14. The zero-order valence-electron chi connectivity index (χ0n) is 8.52. The maximum Gasteiger partial charge on any atom is 0.118 e. The van der Waals surface area contributed by atoms with Crippen molar-refractivity contribution in [3.8, 4) is 0 Å². The van der Waals surface area contributed by atoms with Crippen LogP contribution in [0.3, 0.4) is 0 Å². The van der Waals surface area contributed by atoms with Crippen molar-refractivity contribution in [3.05, 3.63) is 35.9 Å². The van der Waals surface area contributed by atoms with Crippen molar-refractivity contribution in [1.82, 2.24) is 10.6 Å². The third-order valence-electron chi connectivity index (χ3n) is 2.46. The minimum absolute atomic E-state index is 0.272. The highest BCUT2D eigenvalue weighted by Gasteiger charge is 2.22. The first kappa shape index (κ1) is 11.0. The molecule has 0 aliphatic carbocycles. The molecule has 1 aromatic carbocycles. The van der Waals surface area contributed by atoms with Crippen molar-refractivity contribution in [3.63, 3.8) is 0 Å². The van der Waals surface area contributed by atoms with Gasteiger partial charge in [0.25, 0.3) is 0 Å². The van der Waals surface area contributed by atoms with Gasteiger partial charge in [0, 0.05) is 19.0 Å². The Labute approximate surface area is 94.3 Å². The number of aliphatic hydroxyl groups excluding tert-OH is 1. The lowest BCUT2D eigenvalue weighted by Crippen LogP contribution is -2.39. The molecule has 0 amide bonds. The Hall–Kier alpha value is -0.550. The van der Waals surface area contributed by atoms with E-state index in [1.165, 1.54) is 5.56 Å². The van der Waals surface area contributed by atoms with Gasteiger partial charge in [0.05, 0.1) is 5.25 Å². The summed E-state index contributed by atoms with van der Waals surface area (Å²) in [6.45, 7) is 1.60. The van der Waals surface area contributed by atoms with E-state index in [-0.39, 0.29) is 5.25 Å². The second kappa shape index (κ2) is 5.51. The van der Waals surface area contributed by atoms with Gasteiger partial charge in [-0.05, 0) is 5.56 Å². The molecular weight excluding hydrogens is 208 g/mol. The van der Waals surface area contributed by atoms with Crippen molar-refractivity contribution in [2.24, 2.45) is 0 Å². The third kappa shape index (κ3) is 3.21. The molecule has 1 aliphatic rings. The predicted molar refractivity (Wildman–Crippen MR) is 63.5 cm³/mol. The van der Waals surface area contributed by atoms with Crippen molar-refractivity contribution in [2.75, 3.05) is 12.4 Å². The van der Waals surface area contributed by atoms with Crippen LogP contribution in [0.4, 0.5) is 0 Å². The van der Waals surface area contributed by atoms with E-state index in [1.807, 2.05) is 18.2 Å². The van der Waals surface area contributed by atoms with Crippen LogP contribution in [-0.4, -0.2) is 29.0 Å². The third-order valence-corrected chi connectivity index (χ3v) is 3.68. The largest absolute Gasteiger partial charge is 0.377 e. The highest BCUT2D eigenvalue weighted by atomic mass is 32.2. The van der Waals surface area contributed by atoms with Gasteiger partial charge < -0.3 is 10.4 Å². The zero-order chi connectivity index (χ0) is 10.5. The number of hydrogen-bond acceptors (Lipinski definition) is 4. The summed E-state index contributed by atoms with van der Waals surface area (Å²) in [5, 5.41) is 16.5. The van der Waals surface area contributed by atoms with Gasteiger partial charge in [0.2, 0.25) is 0 Å². The van der Waals surface area contributed by atoms with Crippen molar-refractivity contribution < 1.29 is 5.11 Å². The van der Waals surface area contributed by atoms with E-state index in [0.717, 1.165) is 19.0 Å². The molecule has 3 nitrogen and oxygen atoms in total. The van der Waals surface area contributed by atoms with Crippen LogP contribution in [0.15, 0.2) is 30.3 Å². The molecule has 0 saturated carbocycles. The molecule has 2 rings (SSSR count). The summed E-state index contributed by atoms with van der Waals surface area (Å²) in [5.74, 6) is 0.939. The smallest absolute Gasteiger partial charge is 0.118 e. The Morgan fingerprint density at radius 1 is 1.47 bits per heavy atom. The molecule has 3 N–H and O–H groups in total. The zero-order valence-corrected chi connectivity index (χ0v) is 9.33. The molecule has 82 valence electrons. The first-order chi connectivity index (χ1) is 7.36. The van der Waals surface area contributed by atoms with Crippen molar-refractivity contribution in [1.29, 1.82) is 0 Å². The van der Waals surface area contributed by atoms with Gasteiger partial charge in [-0.2, -0.15) is 0 Å². The van der Waals surface area contributed by atoms with Crippen LogP contribution in [0, 0.1) is 0 Å². The standard InChI is InChI=1S/C11H16N2OS/c14-11(10-7-12-8-15-10)13-6-9-4-2-1-3-5-9/h1-5,10-14H,6-8H2. The van der Waals surface area contributed by atoms with Crippen LogP contribution < -0.4 is 10.6 Å². The molecule has 0 radical (unpaired) electrons. The van der Waals surface area contributed by atoms with E-state index in [1.54, 1.807) is 11.8 Å². The van der Waals surface area contributed by atoms with E-state index >= 15 is 0 Å². The number of thioether (sulfide) groups is 1. The van der Waals surface area contributed by atoms with E-state index in [4.69, 9.17) is 0 Å². The number of aliphatic hydroxyl groups is 1. The second-order valence-corrected chi connectivity index (χ2v) is 4.84. The van der Waals surface area contributed by atoms with Gasteiger partial charge in [-0.3, -0.25) is 5.32 Å². The Morgan fingerprint density at radius 2 is 2.27 bits per heavy atom. The topological polar surface area (TPSA) is 44.3 Å². The molecule has 2 atom stereocenters. The lowest BCUT2D eigenvalue weighted by molar-refractivity contribution is 0.134. The highest BCUT2D eigenvalue weighted by Crippen LogP contribution is 2.17. The summed E-state index contributed by atoms with van der Waals surface area (Å²) in [5.41, 5.74) is 1.20. The normalized spacial score (nSPS) is 22.9. The fourth-order valence-electron chi connectivity index (χ4n) is 1.58. The fraction of sp³-hybridized carbons (Fsp3) is 0.455. The number of hydrogen-bond donors (Lipinski definition) is 3. The lowest BCUT2D eigenvalue weighted by atomic mass is 10.2. The average Bonchev–Trinajstić information content (AvgIpc) is 2.81. The molecule has 0 spiro atoms. The van der Waals surface area contributed by atoms with Gasteiger partial charge in [0.15, 0.2) is 0 Å². The van der Waals surface area contributed by atoms with Crippen LogP contribution >= 0.6 is 11.8 Å².